The highest BCUT2D eigenvalue weighted by Crippen LogP contribution is 2.13. The standard InChI is InChI=1S/C10H18N4O/c1-8-10(13-15-12-8)7-11-6-9-4-3-5-14(9)2/h9,11H,3-7H2,1-2H3. The fourth-order valence-electron chi connectivity index (χ4n) is 2.00. The van der Waals surface area contributed by atoms with E-state index in [1.807, 2.05) is 6.92 Å². The molecule has 0 spiro atoms. The van der Waals surface area contributed by atoms with E-state index >= 15 is 0 Å². The van der Waals surface area contributed by atoms with Crippen LogP contribution in [0.15, 0.2) is 4.63 Å². The third-order valence-electron chi connectivity index (χ3n) is 3.09. The molecule has 2 rings (SSSR count). The van der Waals surface area contributed by atoms with Crippen LogP contribution in [-0.4, -0.2) is 41.4 Å². The molecule has 1 aromatic heterocycles. The highest BCUT2D eigenvalue weighted by molar-refractivity contribution is 5.03. The molecule has 1 aliphatic heterocycles. The second kappa shape index (κ2) is 4.72. The fraction of sp³-hybridized carbons (Fsp3) is 0.800. The zero-order chi connectivity index (χ0) is 10.7. The molecule has 0 radical (unpaired) electrons. The zero-order valence-corrected chi connectivity index (χ0v) is 9.36. The minimum atomic E-state index is 0.671. The summed E-state index contributed by atoms with van der Waals surface area (Å²) in [5.74, 6) is 0. The summed E-state index contributed by atoms with van der Waals surface area (Å²) in [5, 5.41) is 11.0. The van der Waals surface area contributed by atoms with Gasteiger partial charge < -0.3 is 10.2 Å². The SMILES string of the molecule is Cc1nonc1CNCC1CCCN1C. The topological polar surface area (TPSA) is 54.2 Å². The molecule has 1 aliphatic rings. The van der Waals surface area contributed by atoms with E-state index in [0.717, 1.165) is 24.5 Å². The van der Waals surface area contributed by atoms with Crippen molar-refractivity contribution in [1.82, 2.24) is 20.5 Å². The fourth-order valence-corrected chi connectivity index (χ4v) is 2.00. The van der Waals surface area contributed by atoms with Gasteiger partial charge in [0.25, 0.3) is 0 Å². The maximum atomic E-state index is 4.64. The molecule has 1 unspecified atom stereocenters. The van der Waals surface area contributed by atoms with E-state index in [9.17, 15) is 0 Å². The van der Waals surface area contributed by atoms with E-state index in [-0.39, 0.29) is 0 Å². The molecule has 1 fully saturated rings. The van der Waals surface area contributed by atoms with Crippen LogP contribution in [0.2, 0.25) is 0 Å². The number of nitrogens with zero attached hydrogens (tertiary/aromatic N) is 3. The van der Waals surface area contributed by atoms with Crippen molar-refractivity contribution in [3.8, 4) is 0 Å². The molecule has 5 nitrogen and oxygen atoms in total. The van der Waals surface area contributed by atoms with Crippen LogP contribution in [0.3, 0.4) is 0 Å². The molecule has 1 atom stereocenters. The number of aromatic nitrogens is 2. The van der Waals surface area contributed by atoms with E-state index in [2.05, 4.69) is 32.2 Å². The van der Waals surface area contributed by atoms with Gasteiger partial charge in [-0.2, -0.15) is 0 Å². The number of likely N-dealkylation sites (tertiary alicyclic amines) is 1. The van der Waals surface area contributed by atoms with E-state index < -0.39 is 0 Å². The summed E-state index contributed by atoms with van der Waals surface area (Å²) in [4.78, 5) is 2.40. The Balaban J connectivity index is 1.73. The third-order valence-corrected chi connectivity index (χ3v) is 3.09. The molecule has 0 amide bonds. The maximum absolute atomic E-state index is 4.64. The monoisotopic (exact) mass is 210 g/mol. The number of aryl methyl sites for hydroxylation is 1. The van der Waals surface area contributed by atoms with Crippen molar-refractivity contribution in [2.75, 3.05) is 20.1 Å². The Morgan fingerprint density at radius 1 is 1.53 bits per heavy atom. The Morgan fingerprint density at radius 3 is 3.00 bits per heavy atom. The Bertz CT molecular complexity index is 312. The average Bonchev–Trinajstić information content (AvgIpc) is 2.78. The summed E-state index contributed by atoms with van der Waals surface area (Å²) < 4.78 is 4.64. The predicted molar refractivity (Wildman–Crippen MR) is 56.4 cm³/mol. The largest absolute Gasteiger partial charge is 0.309 e. The Hall–Kier alpha value is -0.940. The van der Waals surface area contributed by atoms with Crippen LogP contribution in [0.25, 0.3) is 0 Å². The minimum absolute atomic E-state index is 0.671. The molecule has 15 heavy (non-hydrogen) atoms. The predicted octanol–water partition coefficient (Wildman–Crippen LogP) is 0.562. The van der Waals surface area contributed by atoms with Crippen molar-refractivity contribution < 1.29 is 4.63 Å². The first-order valence-corrected chi connectivity index (χ1v) is 5.46. The zero-order valence-electron chi connectivity index (χ0n) is 9.36. The van der Waals surface area contributed by atoms with Gasteiger partial charge in [0.05, 0.1) is 0 Å². The summed E-state index contributed by atoms with van der Waals surface area (Å²) in [5.41, 5.74) is 1.79. The first kappa shape index (κ1) is 10.6. The Labute approximate surface area is 89.8 Å². The van der Waals surface area contributed by atoms with Crippen LogP contribution >= 0.6 is 0 Å². The number of hydrogen-bond donors (Lipinski definition) is 1. The molecule has 1 saturated heterocycles. The Morgan fingerprint density at radius 2 is 2.40 bits per heavy atom. The van der Waals surface area contributed by atoms with Gasteiger partial charge in [-0.25, -0.2) is 4.63 Å². The van der Waals surface area contributed by atoms with Crippen molar-refractivity contribution in [3.63, 3.8) is 0 Å². The van der Waals surface area contributed by atoms with Gasteiger partial charge in [-0.3, -0.25) is 0 Å². The first-order valence-electron chi connectivity index (χ1n) is 5.46. The smallest absolute Gasteiger partial charge is 0.121 e. The normalized spacial score (nSPS) is 22.4. The van der Waals surface area contributed by atoms with Gasteiger partial charge in [0.15, 0.2) is 0 Å². The van der Waals surface area contributed by atoms with Crippen molar-refractivity contribution in [2.24, 2.45) is 0 Å². The minimum Gasteiger partial charge on any atom is -0.309 e. The van der Waals surface area contributed by atoms with Crippen molar-refractivity contribution in [3.05, 3.63) is 11.4 Å². The van der Waals surface area contributed by atoms with Gasteiger partial charge in [-0.15, -0.1) is 0 Å². The van der Waals surface area contributed by atoms with E-state index in [1.54, 1.807) is 0 Å². The number of rotatable bonds is 4. The van der Waals surface area contributed by atoms with Crippen LogP contribution in [-0.2, 0) is 6.54 Å². The maximum Gasteiger partial charge on any atom is 0.121 e. The lowest BCUT2D eigenvalue weighted by Gasteiger charge is -2.19. The van der Waals surface area contributed by atoms with Gasteiger partial charge in [-0.05, 0) is 33.4 Å². The lowest BCUT2D eigenvalue weighted by Crippen LogP contribution is -2.35. The second-order valence-corrected chi connectivity index (χ2v) is 4.20. The molecule has 1 N–H and O–H groups in total. The summed E-state index contributed by atoms with van der Waals surface area (Å²) in [6.07, 6.45) is 2.60. The van der Waals surface area contributed by atoms with Crippen molar-refractivity contribution in [1.29, 1.82) is 0 Å². The van der Waals surface area contributed by atoms with Crippen LogP contribution in [0.5, 0.6) is 0 Å². The molecular weight excluding hydrogens is 192 g/mol. The molecule has 1 aromatic rings. The Kier molecular flexibility index (Phi) is 3.33. The summed E-state index contributed by atoms with van der Waals surface area (Å²) in [6, 6.07) is 0.671. The van der Waals surface area contributed by atoms with Crippen molar-refractivity contribution >= 4 is 0 Å². The molecule has 0 aliphatic carbocycles. The summed E-state index contributed by atoms with van der Waals surface area (Å²) in [7, 11) is 2.18. The molecule has 0 bridgehead atoms. The van der Waals surface area contributed by atoms with E-state index in [4.69, 9.17) is 0 Å². The summed E-state index contributed by atoms with van der Waals surface area (Å²) >= 11 is 0. The van der Waals surface area contributed by atoms with Gasteiger partial charge in [0.2, 0.25) is 0 Å². The van der Waals surface area contributed by atoms with Gasteiger partial charge >= 0.3 is 0 Å². The highest BCUT2D eigenvalue weighted by atomic mass is 16.6. The molecule has 5 heteroatoms. The number of hydrogen-bond acceptors (Lipinski definition) is 5. The summed E-state index contributed by atoms with van der Waals surface area (Å²) in [6.45, 7) is 4.90. The van der Waals surface area contributed by atoms with E-state index in [0.29, 0.717) is 6.04 Å². The molecule has 2 heterocycles. The lowest BCUT2D eigenvalue weighted by molar-refractivity contribution is 0.292. The van der Waals surface area contributed by atoms with Gasteiger partial charge in [0, 0.05) is 19.1 Å². The molecule has 0 aromatic carbocycles. The van der Waals surface area contributed by atoms with Crippen LogP contribution in [0.1, 0.15) is 24.2 Å². The lowest BCUT2D eigenvalue weighted by atomic mass is 10.2. The average molecular weight is 210 g/mol. The van der Waals surface area contributed by atoms with E-state index in [1.165, 1.54) is 19.4 Å². The molecular formula is C10H18N4O. The van der Waals surface area contributed by atoms with Crippen molar-refractivity contribution in [2.45, 2.75) is 32.4 Å². The van der Waals surface area contributed by atoms with Crippen LogP contribution < -0.4 is 5.32 Å². The molecule has 0 saturated carbocycles. The van der Waals surface area contributed by atoms with Crippen LogP contribution in [0.4, 0.5) is 0 Å². The number of nitrogens with one attached hydrogen (secondary N) is 1. The first-order chi connectivity index (χ1) is 7.27. The van der Waals surface area contributed by atoms with Crippen LogP contribution in [0, 0.1) is 6.92 Å². The third kappa shape index (κ3) is 2.54. The second-order valence-electron chi connectivity index (χ2n) is 4.20. The molecule has 84 valence electrons. The van der Waals surface area contributed by atoms with Gasteiger partial charge in [0.1, 0.15) is 11.4 Å². The quantitative estimate of drug-likeness (QED) is 0.787. The van der Waals surface area contributed by atoms with Gasteiger partial charge in [-0.1, -0.05) is 10.3 Å². The number of likely N-dealkylation sites (N-methyl/N-ethyl adjacent to an activating group) is 1. The highest BCUT2D eigenvalue weighted by Gasteiger charge is 2.20.